The van der Waals surface area contributed by atoms with Crippen molar-refractivity contribution in [2.75, 3.05) is 25.1 Å². The number of para-hydroxylation sites is 1. The smallest absolute Gasteiger partial charge is 0.319 e. The molecule has 1 aliphatic rings. The maximum atomic E-state index is 11.8. The first-order valence-corrected chi connectivity index (χ1v) is 6.13. The maximum absolute atomic E-state index is 11.8. The fraction of sp³-hybridized carbons (Fsp3) is 0.357. The standard InChI is InChI=1S/C14H16N2O3/c17-8-3-5-11-4-1-2-6-13(11)16-14(18)15-12-7-9-19-10-12/h1-2,4,6,12,17H,7-10H2,(H2,15,16,18). The van der Waals surface area contributed by atoms with Crippen molar-refractivity contribution < 1.29 is 14.6 Å². The Labute approximate surface area is 112 Å². The van der Waals surface area contributed by atoms with Crippen molar-refractivity contribution >= 4 is 11.7 Å². The number of aliphatic hydroxyl groups is 1. The van der Waals surface area contributed by atoms with Crippen LogP contribution in [-0.4, -0.2) is 37.0 Å². The summed E-state index contributed by atoms with van der Waals surface area (Å²) in [6, 6.07) is 7.00. The second-order valence-corrected chi connectivity index (χ2v) is 4.16. The number of rotatable bonds is 2. The summed E-state index contributed by atoms with van der Waals surface area (Å²) >= 11 is 0. The van der Waals surface area contributed by atoms with Crippen LogP contribution in [0.3, 0.4) is 0 Å². The quantitative estimate of drug-likeness (QED) is 0.693. The topological polar surface area (TPSA) is 70.6 Å². The van der Waals surface area contributed by atoms with Crippen molar-refractivity contribution in [1.29, 1.82) is 0 Å². The van der Waals surface area contributed by atoms with Crippen LogP contribution in [0, 0.1) is 11.8 Å². The van der Waals surface area contributed by atoms with Crippen LogP contribution in [0.4, 0.5) is 10.5 Å². The number of urea groups is 1. The summed E-state index contributed by atoms with van der Waals surface area (Å²) in [5.41, 5.74) is 1.30. The zero-order valence-electron chi connectivity index (χ0n) is 10.5. The molecule has 1 aromatic rings. The largest absolute Gasteiger partial charge is 0.384 e. The predicted octanol–water partition coefficient (Wildman–Crippen LogP) is 0.941. The summed E-state index contributed by atoms with van der Waals surface area (Å²) < 4.78 is 5.19. The van der Waals surface area contributed by atoms with Crippen LogP contribution < -0.4 is 10.6 Å². The lowest BCUT2D eigenvalue weighted by Crippen LogP contribution is -2.38. The molecule has 0 aliphatic carbocycles. The normalized spacial score (nSPS) is 17.4. The third-order valence-corrected chi connectivity index (χ3v) is 2.74. The van der Waals surface area contributed by atoms with E-state index in [9.17, 15) is 4.79 Å². The lowest BCUT2D eigenvalue weighted by molar-refractivity contribution is 0.189. The number of ether oxygens (including phenoxy) is 1. The third-order valence-electron chi connectivity index (χ3n) is 2.74. The Morgan fingerprint density at radius 3 is 3.05 bits per heavy atom. The first kappa shape index (κ1) is 13.4. The Morgan fingerprint density at radius 2 is 2.32 bits per heavy atom. The number of aliphatic hydroxyl groups excluding tert-OH is 1. The summed E-state index contributed by atoms with van der Waals surface area (Å²) in [5, 5.41) is 14.3. The molecule has 0 saturated carbocycles. The molecule has 5 heteroatoms. The summed E-state index contributed by atoms with van der Waals surface area (Å²) in [6.45, 7) is 1.03. The van der Waals surface area contributed by atoms with E-state index in [0.29, 0.717) is 24.5 Å². The highest BCUT2D eigenvalue weighted by atomic mass is 16.5. The van der Waals surface area contributed by atoms with E-state index in [0.717, 1.165) is 6.42 Å². The minimum Gasteiger partial charge on any atom is -0.384 e. The molecule has 3 N–H and O–H groups in total. The zero-order chi connectivity index (χ0) is 13.5. The highest BCUT2D eigenvalue weighted by Gasteiger charge is 2.17. The summed E-state index contributed by atoms with van der Waals surface area (Å²) in [5.74, 6) is 5.36. The van der Waals surface area contributed by atoms with Gasteiger partial charge in [-0.15, -0.1) is 0 Å². The third kappa shape index (κ3) is 3.98. The zero-order valence-corrected chi connectivity index (χ0v) is 10.5. The molecule has 100 valence electrons. The van der Waals surface area contributed by atoms with Crippen molar-refractivity contribution in [3.63, 3.8) is 0 Å². The fourth-order valence-electron chi connectivity index (χ4n) is 1.83. The Hall–Kier alpha value is -2.03. The molecule has 1 heterocycles. The van der Waals surface area contributed by atoms with Gasteiger partial charge in [0.1, 0.15) is 6.61 Å². The van der Waals surface area contributed by atoms with E-state index in [-0.39, 0.29) is 18.7 Å². The lowest BCUT2D eigenvalue weighted by Gasteiger charge is -2.12. The molecule has 2 rings (SSSR count). The Balaban J connectivity index is 1.99. The molecular weight excluding hydrogens is 244 g/mol. The van der Waals surface area contributed by atoms with E-state index in [1.165, 1.54) is 0 Å². The van der Waals surface area contributed by atoms with Gasteiger partial charge in [-0.25, -0.2) is 4.79 Å². The SMILES string of the molecule is O=C(Nc1ccccc1C#CCO)NC1CCOC1. The number of hydrogen-bond acceptors (Lipinski definition) is 3. The highest BCUT2D eigenvalue weighted by Crippen LogP contribution is 2.13. The van der Waals surface area contributed by atoms with E-state index in [2.05, 4.69) is 22.5 Å². The van der Waals surface area contributed by atoms with Gasteiger partial charge in [0.15, 0.2) is 0 Å². The first-order valence-electron chi connectivity index (χ1n) is 6.13. The minimum absolute atomic E-state index is 0.0655. The van der Waals surface area contributed by atoms with Crippen molar-refractivity contribution in [1.82, 2.24) is 5.32 Å². The van der Waals surface area contributed by atoms with Crippen LogP contribution in [0.1, 0.15) is 12.0 Å². The second-order valence-electron chi connectivity index (χ2n) is 4.16. The van der Waals surface area contributed by atoms with Crippen LogP contribution in [0.15, 0.2) is 24.3 Å². The molecule has 1 aliphatic heterocycles. The molecule has 0 aromatic heterocycles. The number of amides is 2. The van der Waals surface area contributed by atoms with Gasteiger partial charge in [0, 0.05) is 12.2 Å². The molecule has 1 fully saturated rings. The van der Waals surface area contributed by atoms with Crippen molar-refractivity contribution in [3.05, 3.63) is 29.8 Å². The van der Waals surface area contributed by atoms with Gasteiger partial charge < -0.3 is 20.5 Å². The molecular formula is C14H16N2O3. The molecule has 19 heavy (non-hydrogen) atoms. The average molecular weight is 260 g/mol. The second kappa shape index (κ2) is 6.78. The van der Waals surface area contributed by atoms with Crippen LogP contribution in [-0.2, 0) is 4.74 Å². The van der Waals surface area contributed by atoms with Gasteiger partial charge >= 0.3 is 6.03 Å². The number of carbonyl (C=O) groups excluding carboxylic acids is 1. The van der Waals surface area contributed by atoms with Crippen molar-refractivity contribution in [2.24, 2.45) is 0 Å². The maximum Gasteiger partial charge on any atom is 0.319 e. The van der Waals surface area contributed by atoms with Gasteiger partial charge in [-0.1, -0.05) is 24.0 Å². The molecule has 2 amide bonds. The summed E-state index contributed by atoms with van der Waals surface area (Å²) in [4.78, 5) is 11.8. The number of nitrogens with one attached hydrogen (secondary N) is 2. The van der Waals surface area contributed by atoms with Gasteiger partial charge in [0.05, 0.1) is 18.3 Å². The van der Waals surface area contributed by atoms with Gasteiger partial charge in [0.2, 0.25) is 0 Å². The van der Waals surface area contributed by atoms with E-state index >= 15 is 0 Å². The van der Waals surface area contributed by atoms with Crippen LogP contribution in [0.5, 0.6) is 0 Å². The first-order chi connectivity index (χ1) is 9.29. The van der Waals surface area contributed by atoms with Crippen molar-refractivity contribution in [2.45, 2.75) is 12.5 Å². The van der Waals surface area contributed by atoms with Gasteiger partial charge in [-0.3, -0.25) is 0 Å². The Bertz CT molecular complexity index is 499. The van der Waals surface area contributed by atoms with Crippen LogP contribution in [0.25, 0.3) is 0 Å². The molecule has 5 nitrogen and oxygen atoms in total. The molecule has 1 aromatic carbocycles. The van der Waals surface area contributed by atoms with Crippen LogP contribution >= 0.6 is 0 Å². The number of hydrogen-bond donors (Lipinski definition) is 3. The lowest BCUT2D eigenvalue weighted by atomic mass is 10.2. The van der Waals surface area contributed by atoms with E-state index in [4.69, 9.17) is 9.84 Å². The molecule has 0 bridgehead atoms. The molecule has 1 unspecified atom stereocenters. The van der Waals surface area contributed by atoms with Gasteiger partial charge in [0.25, 0.3) is 0 Å². The monoisotopic (exact) mass is 260 g/mol. The number of carbonyl (C=O) groups is 1. The molecule has 1 saturated heterocycles. The highest BCUT2D eigenvalue weighted by molar-refractivity contribution is 5.91. The predicted molar refractivity (Wildman–Crippen MR) is 71.8 cm³/mol. The number of benzene rings is 1. The Morgan fingerprint density at radius 1 is 1.47 bits per heavy atom. The van der Waals surface area contributed by atoms with E-state index in [1.54, 1.807) is 12.1 Å². The fourth-order valence-corrected chi connectivity index (χ4v) is 1.83. The molecule has 1 atom stereocenters. The summed E-state index contributed by atoms with van der Waals surface area (Å²) in [7, 11) is 0. The Kier molecular flexibility index (Phi) is 4.78. The summed E-state index contributed by atoms with van der Waals surface area (Å²) in [6.07, 6.45) is 0.833. The minimum atomic E-state index is -0.270. The molecule has 0 radical (unpaired) electrons. The van der Waals surface area contributed by atoms with Crippen LogP contribution in [0.2, 0.25) is 0 Å². The van der Waals surface area contributed by atoms with E-state index in [1.807, 2.05) is 12.1 Å². The van der Waals surface area contributed by atoms with Gasteiger partial charge in [-0.05, 0) is 18.6 Å². The molecule has 0 spiro atoms. The van der Waals surface area contributed by atoms with Gasteiger partial charge in [-0.2, -0.15) is 0 Å². The van der Waals surface area contributed by atoms with E-state index < -0.39 is 0 Å². The number of anilines is 1. The average Bonchev–Trinajstić information content (AvgIpc) is 2.90. The van der Waals surface area contributed by atoms with Crippen molar-refractivity contribution in [3.8, 4) is 11.8 Å².